The molecule has 1 heterocycles. The predicted molar refractivity (Wildman–Crippen MR) is 105 cm³/mol. The van der Waals surface area contributed by atoms with Crippen LogP contribution >= 0.6 is 11.3 Å². The molecule has 25 heavy (non-hydrogen) atoms. The number of benzene rings is 2. The lowest BCUT2D eigenvalue weighted by Crippen LogP contribution is -2.34. The molecule has 3 rings (SSSR count). The molecule has 0 radical (unpaired) electrons. The second-order valence-electron chi connectivity index (χ2n) is 5.38. The molecule has 0 saturated heterocycles. The number of hydrogen-bond donors (Lipinski definition) is 2. The maximum absolute atomic E-state index is 12.1. The first-order valence-corrected chi connectivity index (χ1v) is 8.71. The van der Waals surface area contributed by atoms with Crippen LogP contribution in [0, 0.1) is 0 Å². The first-order chi connectivity index (χ1) is 12.2. The molecule has 0 unspecified atom stereocenters. The van der Waals surface area contributed by atoms with E-state index in [-0.39, 0.29) is 5.91 Å². The molecule has 126 valence electrons. The Morgan fingerprint density at radius 3 is 2.72 bits per heavy atom. The summed E-state index contributed by atoms with van der Waals surface area (Å²) in [5.41, 5.74) is 4.51. The van der Waals surface area contributed by atoms with Gasteiger partial charge in [0.2, 0.25) is 0 Å². The topological polar surface area (TPSA) is 66.4 Å². The largest absolute Gasteiger partial charge is 0.350 e. The molecule has 0 saturated carbocycles. The van der Waals surface area contributed by atoms with Crippen molar-refractivity contribution in [2.45, 2.75) is 13.0 Å². The quantitative estimate of drug-likeness (QED) is 0.523. The lowest BCUT2D eigenvalue weighted by Gasteiger charge is -2.10. The Kier molecular flexibility index (Phi) is 5.53. The Bertz CT molecular complexity index is 869. The molecule has 1 atom stereocenters. The first-order valence-electron chi connectivity index (χ1n) is 7.89. The van der Waals surface area contributed by atoms with Crippen molar-refractivity contribution in [1.82, 2.24) is 10.4 Å². The number of rotatable bonds is 6. The number of thiazole rings is 1. The summed E-state index contributed by atoms with van der Waals surface area (Å²) in [6, 6.07) is 17.3. The fourth-order valence-corrected chi connectivity index (χ4v) is 3.10. The monoisotopic (exact) mass is 350 g/mol. The van der Waals surface area contributed by atoms with E-state index >= 15 is 0 Å². The predicted octanol–water partition coefficient (Wildman–Crippen LogP) is 3.91. The maximum atomic E-state index is 12.1. The van der Waals surface area contributed by atoms with E-state index in [0.717, 1.165) is 20.9 Å². The number of hydrogen-bond acceptors (Lipinski definition) is 5. The summed E-state index contributed by atoms with van der Waals surface area (Å²) in [6.45, 7) is 1.77. The van der Waals surface area contributed by atoms with Crippen LogP contribution in [0.2, 0.25) is 0 Å². The Labute approximate surface area is 150 Å². The smallest absolute Gasteiger partial charge is 0.262 e. The third-order valence-corrected chi connectivity index (χ3v) is 4.42. The minimum Gasteiger partial charge on any atom is -0.350 e. The highest BCUT2D eigenvalue weighted by Crippen LogP contribution is 2.25. The van der Waals surface area contributed by atoms with Crippen LogP contribution in [0.5, 0.6) is 0 Å². The van der Waals surface area contributed by atoms with E-state index in [1.807, 2.05) is 60.7 Å². The van der Waals surface area contributed by atoms with Crippen molar-refractivity contribution in [3.8, 4) is 0 Å². The van der Waals surface area contributed by atoms with Crippen LogP contribution in [-0.4, -0.2) is 23.1 Å². The Balaban J connectivity index is 1.50. The highest BCUT2D eigenvalue weighted by atomic mass is 32.1. The van der Waals surface area contributed by atoms with Crippen molar-refractivity contribution >= 4 is 44.9 Å². The van der Waals surface area contributed by atoms with E-state index in [4.69, 9.17) is 0 Å². The number of aromatic nitrogens is 1. The van der Waals surface area contributed by atoms with E-state index in [1.54, 1.807) is 19.2 Å². The van der Waals surface area contributed by atoms with Gasteiger partial charge in [-0.2, -0.15) is 5.10 Å². The van der Waals surface area contributed by atoms with Gasteiger partial charge >= 0.3 is 0 Å². The van der Waals surface area contributed by atoms with Crippen molar-refractivity contribution in [3.05, 3.63) is 66.2 Å². The fraction of sp³-hybridized carbons (Fsp3) is 0.105. The van der Waals surface area contributed by atoms with Crippen LogP contribution in [-0.2, 0) is 4.79 Å². The van der Waals surface area contributed by atoms with Gasteiger partial charge in [-0.3, -0.25) is 4.79 Å². The number of anilines is 1. The number of carbonyl (C=O) groups is 1. The molecule has 0 aliphatic carbocycles. The Morgan fingerprint density at radius 2 is 1.92 bits per heavy atom. The standard InChI is InChI=1S/C19H18N4OS/c1-14(21-19-22-16-11-5-6-12-17(16)25-19)18(24)23-20-13-7-10-15-8-3-2-4-9-15/h2-14H,1H3,(H,21,22)(H,23,24)/b10-7+,20-13-/t14-/m0/s1. The van der Waals surface area contributed by atoms with Crippen molar-refractivity contribution in [3.63, 3.8) is 0 Å². The minimum atomic E-state index is -0.434. The van der Waals surface area contributed by atoms with Gasteiger partial charge in [-0.05, 0) is 30.7 Å². The van der Waals surface area contributed by atoms with Gasteiger partial charge in [0.15, 0.2) is 5.13 Å². The third-order valence-electron chi connectivity index (χ3n) is 3.45. The van der Waals surface area contributed by atoms with Crippen LogP contribution in [0.4, 0.5) is 5.13 Å². The van der Waals surface area contributed by atoms with Gasteiger partial charge < -0.3 is 5.32 Å². The number of carbonyl (C=O) groups excluding carboxylic acids is 1. The summed E-state index contributed by atoms with van der Waals surface area (Å²) >= 11 is 1.52. The average Bonchev–Trinajstić information content (AvgIpc) is 3.04. The first kappa shape index (κ1) is 16.9. The van der Waals surface area contributed by atoms with Crippen LogP contribution in [0.25, 0.3) is 16.3 Å². The van der Waals surface area contributed by atoms with Gasteiger partial charge in [0.1, 0.15) is 6.04 Å². The molecule has 1 aromatic heterocycles. The summed E-state index contributed by atoms with van der Waals surface area (Å²) in [7, 11) is 0. The summed E-state index contributed by atoms with van der Waals surface area (Å²) in [4.78, 5) is 16.5. The SMILES string of the molecule is C[C@H](Nc1nc2ccccc2s1)C(=O)N/N=C\C=C\c1ccccc1. The van der Waals surface area contributed by atoms with Crippen molar-refractivity contribution < 1.29 is 4.79 Å². The molecule has 0 aliphatic rings. The molecule has 3 aromatic rings. The molecular weight excluding hydrogens is 332 g/mol. The lowest BCUT2D eigenvalue weighted by atomic mass is 10.2. The van der Waals surface area contributed by atoms with Gasteiger partial charge in [-0.15, -0.1) is 0 Å². The van der Waals surface area contributed by atoms with E-state index in [1.165, 1.54) is 11.3 Å². The van der Waals surface area contributed by atoms with Crippen LogP contribution in [0.3, 0.4) is 0 Å². The summed E-state index contributed by atoms with van der Waals surface area (Å²) in [6.07, 6.45) is 5.25. The van der Waals surface area contributed by atoms with Gasteiger partial charge in [0.05, 0.1) is 10.2 Å². The minimum absolute atomic E-state index is 0.219. The number of nitrogens with zero attached hydrogens (tertiary/aromatic N) is 2. The number of allylic oxidation sites excluding steroid dienone is 1. The Morgan fingerprint density at radius 1 is 1.16 bits per heavy atom. The number of para-hydroxylation sites is 1. The number of nitrogens with one attached hydrogen (secondary N) is 2. The van der Waals surface area contributed by atoms with Crippen LogP contribution in [0.15, 0.2) is 65.8 Å². The van der Waals surface area contributed by atoms with Gasteiger partial charge in [0, 0.05) is 6.21 Å². The summed E-state index contributed by atoms with van der Waals surface area (Å²) < 4.78 is 1.08. The normalized spacial score (nSPS) is 12.7. The highest BCUT2D eigenvalue weighted by Gasteiger charge is 2.13. The zero-order valence-electron chi connectivity index (χ0n) is 13.7. The number of fused-ring (bicyclic) bond motifs is 1. The van der Waals surface area contributed by atoms with Crippen molar-refractivity contribution in [2.75, 3.05) is 5.32 Å². The molecule has 0 bridgehead atoms. The molecule has 0 spiro atoms. The van der Waals surface area contributed by atoms with Gasteiger partial charge in [-0.1, -0.05) is 59.9 Å². The van der Waals surface area contributed by atoms with Crippen molar-refractivity contribution in [2.24, 2.45) is 5.10 Å². The summed E-state index contributed by atoms with van der Waals surface area (Å²) in [5.74, 6) is -0.219. The molecule has 2 aromatic carbocycles. The molecular formula is C19H18N4OS. The second kappa shape index (κ2) is 8.21. The van der Waals surface area contributed by atoms with Gasteiger partial charge in [0.25, 0.3) is 5.91 Å². The number of amides is 1. The van der Waals surface area contributed by atoms with Gasteiger partial charge in [-0.25, -0.2) is 10.4 Å². The lowest BCUT2D eigenvalue weighted by molar-refractivity contribution is -0.121. The summed E-state index contributed by atoms with van der Waals surface area (Å²) in [5, 5.41) is 7.74. The van der Waals surface area contributed by atoms with E-state index in [0.29, 0.717) is 0 Å². The van der Waals surface area contributed by atoms with E-state index in [2.05, 4.69) is 20.8 Å². The van der Waals surface area contributed by atoms with E-state index < -0.39 is 6.04 Å². The molecule has 1 amide bonds. The zero-order valence-corrected chi connectivity index (χ0v) is 14.5. The molecule has 5 nitrogen and oxygen atoms in total. The third kappa shape index (κ3) is 4.74. The fourth-order valence-electron chi connectivity index (χ4n) is 2.14. The van der Waals surface area contributed by atoms with Crippen LogP contribution in [0.1, 0.15) is 12.5 Å². The number of hydrazone groups is 1. The zero-order chi connectivity index (χ0) is 17.5. The van der Waals surface area contributed by atoms with Crippen LogP contribution < -0.4 is 10.7 Å². The highest BCUT2D eigenvalue weighted by molar-refractivity contribution is 7.22. The van der Waals surface area contributed by atoms with E-state index in [9.17, 15) is 4.79 Å². The average molecular weight is 350 g/mol. The molecule has 2 N–H and O–H groups in total. The molecule has 0 fully saturated rings. The molecule has 0 aliphatic heterocycles. The maximum Gasteiger partial charge on any atom is 0.262 e. The Hall–Kier alpha value is -2.99. The van der Waals surface area contributed by atoms with Crippen molar-refractivity contribution in [1.29, 1.82) is 0 Å². The second-order valence-corrected chi connectivity index (χ2v) is 6.41. The molecule has 6 heteroatoms.